The van der Waals surface area contributed by atoms with Crippen LogP contribution >= 0.6 is 0 Å². The van der Waals surface area contributed by atoms with Crippen molar-refractivity contribution in [3.63, 3.8) is 0 Å². The van der Waals surface area contributed by atoms with Gasteiger partial charge in [-0.1, -0.05) is 6.08 Å². The SMILES string of the molecule is C=CCn1ncc(C(N)=O)c1C#N. The normalized spacial score (nSPS) is 9.15. The lowest BCUT2D eigenvalue weighted by Crippen LogP contribution is -2.12. The van der Waals surface area contributed by atoms with E-state index < -0.39 is 5.91 Å². The molecule has 1 aromatic heterocycles. The molecule has 0 aliphatic carbocycles. The summed E-state index contributed by atoms with van der Waals surface area (Å²) in [6, 6.07) is 1.86. The molecule has 1 amide bonds. The van der Waals surface area contributed by atoms with Gasteiger partial charge in [0.15, 0.2) is 5.69 Å². The lowest BCUT2D eigenvalue weighted by Gasteiger charge is -1.96. The number of allylic oxidation sites excluding steroid dienone is 1. The summed E-state index contributed by atoms with van der Waals surface area (Å²) in [7, 11) is 0. The quantitative estimate of drug-likeness (QED) is 0.660. The van der Waals surface area contributed by atoms with Gasteiger partial charge in [0.25, 0.3) is 5.91 Å². The van der Waals surface area contributed by atoms with Gasteiger partial charge in [-0.2, -0.15) is 10.4 Å². The number of carbonyl (C=O) groups excluding carboxylic acids is 1. The third kappa shape index (κ3) is 1.56. The lowest BCUT2D eigenvalue weighted by molar-refractivity contribution is 0.1000. The Morgan fingerprint density at radius 2 is 2.62 bits per heavy atom. The molecule has 5 heteroatoms. The van der Waals surface area contributed by atoms with E-state index in [0.717, 1.165) is 0 Å². The average Bonchev–Trinajstić information content (AvgIpc) is 2.48. The van der Waals surface area contributed by atoms with Crippen molar-refractivity contribution in [3.8, 4) is 6.07 Å². The highest BCUT2D eigenvalue weighted by Gasteiger charge is 2.13. The zero-order chi connectivity index (χ0) is 9.84. The minimum atomic E-state index is -0.646. The molecular weight excluding hydrogens is 168 g/mol. The molecule has 0 saturated carbocycles. The molecule has 1 rings (SSSR count). The van der Waals surface area contributed by atoms with E-state index in [1.54, 1.807) is 6.08 Å². The third-order valence-corrected chi connectivity index (χ3v) is 1.51. The maximum Gasteiger partial charge on any atom is 0.253 e. The molecule has 0 atom stereocenters. The molecule has 0 aromatic carbocycles. The maximum absolute atomic E-state index is 10.8. The maximum atomic E-state index is 10.8. The van der Waals surface area contributed by atoms with E-state index in [9.17, 15) is 4.79 Å². The molecule has 0 bridgehead atoms. The second-order valence-electron chi connectivity index (χ2n) is 2.35. The van der Waals surface area contributed by atoms with Crippen LogP contribution in [-0.2, 0) is 6.54 Å². The average molecular weight is 176 g/mol. The Labute approximate surface area is 75.1 Å². The summed E-state index contributed by atoms with van der Waals surface area (Å²) in [4.78, 5) is 10.8. The first-order valence-electron chi connectivity index (χ1n) is 3.57. The van der Waals surface area contributed by atoms with Gasteiger partial charge in [-0.05, 0) is 0 Å². The fourth-order valence-electron chi connectivity index (χ4n) is 0.944. The van der Waals surface area contributed by atoms with Crippen LogP contribution in [0.1, 0.15) is 16.1 Å². The number of primary amides is 1. The highest BCUT2D eigenvalue weighted by atomic mass is 16.1. The van der Waals surface area contributed by atoms with Crippen molar-refractivity contribution in [2.24, 2.45) is 5.73 Å². The number of aromatic nitrogens is 2. The van der Waals surface area contributed by atoms with Crippen molar-refractivity contribution in [3.05, 3.63) is 30.1 Å². The van der Waals surface area contributed by atoms with E-state index in [1.165, 1.54) is 10.9 Å². The number of hydrogen-bond acceptors (Lipinski definition) is 3. The smallest absolute Gasteiger partial charge is 0.253 e. The number of carbonyl (C=O) groups is 1. The van der Waals surface area contributed by atoms with Crippen molar-refractivity contribution >= 4 is 5.91 Å². The van der Waals surface area contributed by atoms with Crippen LogP contribution in [0, 0.1) is 11.3 Å². The van der Waals surface area contributed by atoms with E-state index in [1.807, 2.05) is 6.07 Å². The largest absolute Gasteiger partial charge is 0.365 e. The van der Waals surface area contributed by atoms with Gasteiger partial charge >= 0.3 is 0 Å². The van der Waals surface area contributed by atoms with Crippen molar-refractivity contribution in [2.45, 2.75) is 6.54 Å². The van der Waals surface area contributed by atoms with Crippen LogP contribution in [0.5, 0.6) is 0 Å². The Morgan fingerprint density at radius 3 is 3.08 bits per heavy atom. The van der Waals surface area contributed by atoms with Crippen LogP contribution in [-0.4, -0.2) is 15.7 Å². The summed E-state index contributed by atoms with van der Waals surface area (Å²) in [5.41, 5.74) is 5.35. The molecule has 0 spiro atoms. The number of nitriles is 1. The van der Waals surface area contributed by atoms with Gasteiger partial charge < -0.3 is 5.73 Å². The van der Waals surface area contributed by atoms with Crippen LogP contribution in [0.15, 0.2) is 18.9 Å². The molecule has 5 nitrogen and oxygen atoms in total. The van der Waals surface area contributed by atoms with Crippen LogP contribution in [0.3, 0.4) is 0 Å². The molecule has 0 radical (unpaired) electrons. The van der Waals surface area contributed by atoms with E-state index >= 15 is 0 Å². The van der Waals surface area contributed by atoms with Crippen molar-refractivity contribution in [2.75, 3.05) is 0 Å². The van der Waals surface area contributed by atoms with Crippen LogP contribution in [0.2, 0.25) is 0 Å². The molecule has 2 N–H and O–H groups in total. The molecule has 0 unspecified atom stereocenters. The first-order chi connectivity index (χ1) is 6.20. The third-order valence-electron chi connectivity index (χ3n) is 1.51. The summed E-state index contributed by atoms with van der Waals surface area (Å²) >= 11 is 0. The zero-order valence-electron chi connectivity index (χ0n) is 6.90. The standard InChI is InChI=1S/C8H8N4O/c1-2-3-12-7(4-9)6(5-11-12)8(10)13/h2,5H,1,3H2,(H2,10,13). The molecule has 66 valence electrons. The molecule has 0 fully saturated rings. The molecule has 1 heterocycles. The molecule has 0 aliphatic heterocycles. The molecular formula is C8H8N4O. The van der Waals surface area contributed by atoms with Gasteiger partial charge in [-0.25, -0.2) is 0 Å². The minimum absolute atomic E-state index is 0.143. The van der Waals surface area contributed by atoms with E-state index in [0.29, 0.717) is 6.54 Å². The Balaban J connectivity index is 3.19. The number of hydrogen-bond donors (Lipinski definition) is 1. The van der Waals surface area contributed by atoms with E-state index in [-0.39, 0.29) is 11.3 Å². The summed E-state index contributed by atoms with van der Waals surface area (Å²) in [6.45, 7) is 3.88. The van der Waals surface area contributed by atoms with E-state index in [2.05, 4.69) is 11.7 Å². The summed E-state index contributed by atoms with van der Waals surface area (Å²) in [6.07, 6.45) is 2.86. The fraction of sp³-hybridized carbons (Fsp3) is 0.125. The number of rotatable bonds is 3. The van der Waals surface area contributed by atoms with Crippen molar-refractivity contribution < 1.29 is 4.79 Å². The Hall–Kier alpha value is -2.09. The first kappa shape index (κ1) is 9.00. The molecule has 1 aromatic rings. The highest BCUT2D eigenvalue weighted by Crippen LogP contribution is 2.05. The second-order valence-corrected chi connectivity index (χ2v) is 2.35. The minimum Gasteiger partial charge on any atom is -0.365 e. The number of nitrogens with zero attached hydrogens (tertiary/aromatic N) is 3. The predicted octanol–water partition coefficient (Wildman–Crippen LogP) is 0.0397. The fourth-order valence-corrected chi connectivity index (χ4v) is 0.944. The van der Waals surface area contributed by atoms with Gasteiger partial charge in [-0.3, -0.25) is 9.48 Å². The molecule has 0 saturated heterocycles. The molecule has 13 heavy (non-hydrogen) atoms. The highest BCUT2D eigenvalue weighted by molar-refractivity contribution is 5.94. The van der Waals surface area contributed by atoms with Gasteiger partial charge in [0.05, 0.1) is 18.3 Å². The zero-order valence-corrected chi connectivity index (χ0v) is 6.90. The second kappa shape index (κ2) is 3.54. The lowest BCUT2D eigenvalue weighted by atomic mass is 10.2. The summed E-state index contributed by atoms with van der Waals surface area (Å²) in [5.74, 6) is -0.646. The topological polar surface area (TPSA) is 84.7 Å². The number of amides is 1. The number of nitrogens with two attached hydrogens (primary N) is 1. The summed E-state index contributed by atoms with van der Waals surface area (Å²) in [5, 5.41) is 12.5. The van der Waals surface area contributed by atoms with E-state index in [4.69, 9.17) is 11.0 Å². The Morgan fingerprint density at radius 1 is 1.92 bits per heavy atom. The van der Waals surface area contributed by atoms with Crippen molar-refractivity contribution in [1.82, 2.24) is 9.78 Å². The Kier molecular flexibility index (Phi) is 2.45. The van der Waals surface area contributed by atoms with Gasteiger partial charge in [0.1, 0.15) is 6.07 Å². The van der Waals surface area contributed by atoms with Crippen LogP contribution in [0.4, 0.5) is 0 Å². The van der Waals surface area contributed by atoms with Gasteiger partial charge in [0.2, 0.25) is 0 Å². The van der Waals surface area contributed by atoms with Gasteiger partial charge in [0, 0.05) is 0 Å². The Bertz CT molecular complexity index is 385. The molecule has 0 aliphatic rings. The summed E-state index contributed by atoms with van der Waals surface area (Å²) < 4.78 is 1.37. The van der Waals surface area contributed by atoms with Crippen molar-refractivity contribution in [1.29, 1.82) is 5.26 Å². The first-order valence-corrected chi connectivity index (χ1v) is 3.57. The monoisotopic (exact) mass is 176 g/mol. The van der Waals surface area contributed by atoms with Gasteiger partial charge in [-0.15, -0.1) is 6.58 Å². The predicted molar refractivity (Wildman–Crippen MR) is 45.7 cm³/mol. The van der Waals surface area contributed by atoms with Crippen LogP contribution < -0.4 is 5.73 Å². The van der Waals surface area contributed by atoms with Crippen LogP contribution in [0.25, 0.3) is 0 Å².